The molecule has 0 aliphatic carbocycles. The third kappa shape index (κ3) is 3.28. The summed E-state index contributed by atoms with van der Waals surface area (Å²) in [7, 11) is 0. The molecule has 1 rings (SSSR count). The van der Waals surface area contributed by atoms with Crippen LogP contribution in [0.4, 0.5) is 5.69 Å². The number of hydrogen-bond acceptors (Lipinski definition) is 4. The summed E-state index contributed by atoms with van der Waals surface area (Å²) in [5, 5.41) is 2.71. The molecule has 0 bridgehead atoms. The molecule has 3 nitrogen and oxygen atoms in total. The fraction of sp³-hybridized carbons (Fsp3) is 0.300. The van der Waals surface area contributed by atoms with Gasteiger partial charge in [-0.15, -0.1) is 29.7 Å². The number of nitrogens with two attached hydrogens (primary N) is 1. The van der Waals surface area contributed by atoms with Gasteiger partial charge in [-0.3, -0.25) is 4.79 Å². The highest BCUT2D eigenvalue weighted by Gasteiger charge is 2.13. The van der Waals surface area contributed by atoms with Gasteiger partial charge in [0, 0.05) is 6.54 Å². The molecule has 0 saturated heterocycles. The Morgan fingerprint density at radius 3 is 3.13 bits per heavy atom. The first-order valence-electron chi connectivity index (χ1n) is 4.60. The zero-order chi connectivity index (χ0) is 11.3. The Bertz CT molecular complexity index is 360. The van der Waals surface area contributed by atoms with Crippen LogP contribution < -0.4 is 11.1 Å². The number of hydrogen-bond donors (Lipinski definition) is 2. The van der Waals surface area contributed by atoms with Crippen LogP contribution in [-0.4, -0.2) is 18.2 Å². The molecule has 3 N–H and O–H groups in total. The summed E-state index contributed by atoms with van der Waals surface area (Å²) in [6.07, 6.45) is 1.64. The predicted molar refractivity (Wildman–Crippen MR) is 67.7 cm³/mol. The molecular formula is C10H14N2OS2. The number of carbonyl (C=O) groups is 1. The Labute approximate surface area is 97.7 Å². The molecule has 1 aromatic heterocycles. The SMILES string of the molecule is C=CCNC(=O)c1sc(SCC)cc1N. The van der Waals surface area contributed by atoms with Gasteiger partial charge in [0.25, 0.3) is 5.91 Å². The van der Waals surface area contributed by atoms with Crippen molar-refractivity contribution < 1.29 is 4.79 Å². The Morgan fingerprint density at radius 2 is 2.53 bits per heavy atom. The van der Waals surface area contributed by atoms with Crippen LogP contribution in [0, 0.1) is 0 Å². The molecule has 15 heavy (non-hydrogen) atoms. The monoisotopic (exact) mass is 242 g/mol. The van der Waals surface area contributed by atoms with Crippen molar-refractivity contribution >= 4 is 34.7 Å². The molecule has 0 atom stereocenters. The number of carbonyl (C=O) groups excluding carboxylic acids is 1. The number of thioether (sulfide) groups is 1. The van der Waals surface area contributed by atoms with Gasteiger partial charge in [0.15, 0.2) is 0 Å². The van der Waals surface area contributed by atoms with Crippen LogP contribution in [-0.2, 0) is 0 Å². The molecule has 0 radical (unpaired) electrons. The van der Waals surface area contributed by atoms with E-state index in [-0.39, 0.29) is 5.91 Å². The second-order valence-corrected chi connectivity index (χ2v) is 5.40. The molecule has 5 heteroatoms. The van der Waals surface area contributed by atoms with Crippen molar-refractivity contribution in [3.63, 3.8) is 0 Å². The van der Waals surface area contributed by atoms with E-state index in [0.29, 0.717) is 17.1 Å². The van der Waals surface area contributed by atoms with Gasteiger partial charge in [0.2, 0.25) is 0 Å². The van der Waals surface area contributed by atoms with Gasteiger partial charge in [-0.1, -0.05) is 13.0 Å². The van der Waals surface area contributed by atoms with Crippen LogP contribution in [0.15, 0.2) is 22.9 Å². The Morgan fingerprint density at radius 1 is 1.80 bits per heavy atom. The van der Waals surface area contributed by atoms with E-state index in [1.807, 2.05) is 6.07 Å². The van der Waals surface area contributed by atoms with E-state index < -0.39 is 0 Å². The van der Waals surface area contributed by atoms with Crippen molar-refractivity contribution in [3.8, 4) is 0 Å². The second-order valence-electron chi connectivity index (χ2n) is 2.78. The average molecular weight is 242 g/mol. The molecule has 1 aromatic rings. The largest absolute Gasteiger partial charge is 0.397 e. The van der Waals surface area contributed by atoms with Crippen molar-refractivity contribution in [3.05, 3.63) is 23.6 Å². The normalized spacial score (nSPS) is 9.93. The molecular weight excluding hydrogens is 228 g/mol. The summed E-state index contributed by atoms with van der Waals surface area (Å²) in [6, 6.07) is 1.85. The standard InChI is InChI=1S/C10H14N2OS2/c1-3-5-12-10(13)9-7(11)6-8(15-9)14-4-2/h3,6H,1,4-5,11H2,2H3,(H,12,13). The first kappa shape index (κ1) is 12.1. The van der Waals surface area contributed by atoms with Crippen molar-refractivity contribution in [1.29, 1.82) is 0 Å². The molecule has 0 aromatic carbocycles. The number of thiophene rings is 1. The minimum Gasteiger partial charge on any atom is -0.397 e. The maximum atomic E-state index is 11.6. The number of rotatable bonds is 5. The van der Waals surface area contributed by atoms with Crippen LogP contribution >= 0.6 is 23.1 Å². The van der Waals surface area contributed by atoms with E-state index in [1.165, 1.54) is 11.3 Å². The van der Waals surface area contributed by atoms with Crippen molar-refractivity contribution in [2.75, 3.05) is 18.0 Å². The zero-order valence-electron chi connectivity index (χ0n) is 8.58. The van der Waals surface area contributed by atoms with Crippen LogP contribution in [0.3, 0.4) is 0 Å². The molecule has 1 heterocycles. The van der Waals surface area contributed by atoms with Gasteiger partial charge in [-0.25, -0.2) is 0 Å². The molecule has 82 valence electrons. The quantitative estimate of drug-likeness (QED) is 0.615. The van der Waals surface area contributed by atoms with E-state index >= 15 is 0 Å². The van der Waals surface area contributed by atoms with Crippen LogP contribution in [0.2, 0.25) is 0 Å². The third-order valence-corrected chi connectivity index (χ3v) is 3.88. The molecule has 0 fully saturated rings. The van der Waals surface area contributed by atoms with Gasteiger partial charge in [-0.2, -0.15) is 0 Å². The molecule has 0 aliphatic rings. The maximum Gasteiger partial charge on any atom is 0.263 e. The second kappa shape index (κ2) is 5.82. The first-order chi connectivity index (χ1) is 7.19. The first-order valence-corrected chi connectivity index (χ1v) is 6.40. The van der Waals surface area contributed by atoms with Crippen LogP contribution in [0.5, 0.6) is 0 Å². The van der Waals surface area contributed by atoms with Crippen LogP contribution in [0.25, 0.3) is 0 Å². The van der Waals surface area contributed by atoms with Gasteiger partial charge >= 0.3 is 0 Å². The lowest BCUT2D eigenvalue weighted by atomic mass is 10.4. The van der Waals surface area contributed by atoms with E-state index in [1.54, 1.807) is 17.8 Å². The number of nitrogens with one attached hydrogen (secondary N) is 1. The topological polar surface area (TPSA) is 55.1 Å². The van der Waals surface area contributed by atoms with Gasteiger partial charge in [0.05, 0.1) is 9.90 Å². The van der Waals surface area contributed by atoms with Crippen molar-refractivity contribution in [2.45, 2.75) is 11.1 Å². The summed E-state index contributed by atoms with van der Waals surface area (Å²) >= 11 is 3.12. The minimum atomic E-state index is -0.125. The lowest BCUT2D eigenvalue weighted by molar-refractivity contribution is 0.0963. The highest BCUT2D eigenvalue weighted by atomic mass is 32.2. The van der Waals surface area contributed by atoms with Gasteiger partial charge in [0.1, 0.15) is 4.88 Å². The third-order valence-electron chi connectivity index (χ3n) is 1.64. The average Bonchev–Trinajstić information content (AvgIpc) is 2.57. The molecule has 0 unspecified atom stereocenters. The molecule has 1 amide bonds. The van der Waals surface area contributed by atoms with Crippen molar-refractivity contribution in [1.82, 2.24) is 5.32 Å². The summed E-state index contributed by atoms with van der Waals surface area (Å²) in [4.78, 5) is 12.2. The number of anilines is 1. The Hall–Kier alpha value is -0.940. The molecule has 0 spiro atoms. The highest BCUT2D eigenvalue weighted by Crippen LogP contribution is 2.32. The summed E-state index contributed by atoms with van der Waals surface area (Å²) in [5.41, 5.74) is 6.31. The van der Waals surface area contributed by atoms with Gasteiger partial charge in [-0.05, 0) is 11.8 Å². The van der Waals surface area contributed by atoms with Crippen LogP contribution in [0.1, 0.15) is 16.6 Å². The maximum absolute atomic E-state index is 11.6. The fourth-order valence-electron chi connectivity index (χ4n) is 1.02. The molecule has 0 aliphatic heterocycles. The number of nitrogen functional groups attached to an aromatic ring is 1. The van der Waals surface area contributed by atoms with Gasteiger partial charge < -0.3 is 11.1 Å². The predicted octanol–water partition coefficient (Wildman–Crippen LogP) is 2.36. The summed E-state index contributed by atoms with van der Waals surface area (Å²) in [6.45, 7) is 6.07. The Balaban J connectivity index is 2.75. The highest BCUT2D eigenvalue weighted by molar-refractivity contribution is 8.01. The lowest BCUT2D eigenvalue weighted by Crippen LogP contribution is -2.22. The fourth-order valence-corrected chi connectivity index (χ4v) is 3.08. The van der Waals surface area contributed by atoms with E-state index in [0.717, 1.165) is 9.96 Å². The van der Waals surface area contributed by atoms with E-state index in [2.05, 4.69) is 18.8 Å². The lowest BCUT2D eigenvalue weighted by Gasteiger charge is -1.99. The summed E-state index contributed by atoms with van der Waals surface area (Å²) < 4.78 is 1.08. The minimum absolute atomic E-state index is 0.125. The smallest absolute Gasteiger partial charge is 0.263 e. The van der Waals surface area contributed by atoms with Crippen molar-refractivity contribution in [2.24, 2.45) is 0 Å². The molecule has 0 saturated carbocycles. The zero-order valence-corrected chi connectivity index (χ0v) is 10.2. The van der Waals surface area contributed by atoms with E-state index in [4.69, 9.17) is 5.73 Å². The Kier molecular flexibility index (Phi) is 4.71. The number of amides is 1. The van der Waals surface area contributed by atoms with E-state index in [9.17, 15) is 4.79 Å². The summed E-state index contributed by atoms with van der Waals surface area (Å²) in [5.74, 6) is 0.855.